The predicted octanol–water partition coefficient (Wildman–Crippen LogP) is 34.6. The molecule has 0 radical (unpaired) electrons. The van der Waals surface area contributed by atoms with E-state index in [0.717, 1.165) is 75.8 Å². The summed E-state index contributed by atoms with van der Waals surface area (Å²) in [5.74, 6) is 8.60. The Morgan fingerprint density at radius 3 is 0.853 bits per heavy atom. The van der Waals surface area contributed by atoms with Crippen LogP contribution < -0.4 is 0 Å². The molecule has 6 nitrogen and oxygen atoms in total. The lowest BCUT2D eigenvalue weighted by molar-refractivity contribution is 0.377. The van der Waals surface area contributed by atoms with E-state index in [1.165, 1.54) is 310 Å². The lowest BCUT2D eigenvalue weighted by Gasteiger charge is -2.34. The lowest BCUT2D eigenvalue weighted by Crippen LogP contribution is -2.17. The van der Waals surface area contributed by atoms with Gasteiger partial charge in [0.2, 0.25) is 0 Å². The zero-order valence-electron chi connectivity index (χ0n) is 79.0. The van der Waals surface area contributed by atoms with Crippen LogP contribution in [0.5, 0.6) is 0 Å². The highest BCUT2D eigenvalue weighted by Gasteiger charge is 2.35. The zero-order chi connectivity index (χ0) is 90.2. The van der Waals surface area contributed by atoms with E-state index in [2.05, 4.69) is 156 Å². The van der Waals surface area contributed by atoms with Crippen LogP contribution in [0, 0.1) is 109 Å². The number of rotatable bonds is 19. The summed E-state index contributed by atoms with van der Waals surface area (Å²) < 4.78 is 13.8. The van der Waals surface area contributed by atoms with E-state index >= 15 is 0 Å². The molecule has 672 valence electrons. The number of allylic oxidation sites excluding steroid dienone is 16. The van der Waals surface area contributed by atoms with Gasteiger partial charge >= 0.3 is 0 Å². The van der Waals surface area contributed by atoms with Crippen molar-refractivity contribution in [2.24, 2.45) is 35.5 Å². The van der Waals surface area contributed by atoms with Gasteiger partial charge in [0.05, 0.1) is 63.7 Å². The van der Waals surface area contributed by atoms with Gasteiger partial charge in [-0.3, -0.25) is 0 Å². The number of nitrogens with zero attached hydrogens (tertiary/aromatic N) is 6. The van der Waals surface area contributed by atoms with E-state index in [0.29, 0.717) is 41.4 Å². The maximum atomic E-state index is 13.8. The number of unbranched alkanes of at least 4 members (excludes halogenated alkanes) is 2. The molecule has 12 aliphatic carbocycles. The van der Waals surface area contributed by atoms with E-state index in [9.17, 15) is 4.39 Å². The van der Waals surface area contributed by atoms with Gasteiger partial charge in [-0.1, -0.05) is 230 Å². The second-order valence-corrected chi connectivity index (χ2v) is 40.5. The second kappa shape index (κ2) is 49.7. The van der Waals surface area contributed by atoms with E-state index in [1.807, 2.05) is 78.4 Å². The zero-order valence-corrected chi connectivity index (χ0v) is 79.0. The molecule has 6 aromatic carbocycles. The third-order valence-corrected chi connectivity index (χ3v) is 32.3. The summed E-state index contributed by atoms with van der Waals surface area (Å²) in [5, 5.41) is 53.4. The van der Waals surface area contributed by atoms with Gasteiger partial charge in [-0.2, -0.15) is 31.6 Å². The first-order valence-electron chi connectivity index (χ1n) is 50.9. The molecule has 0 amide bonds. The minimum atomic E-state index is -0.369. The van der Waals surface area contributed by atoms with E-state index < -0.39 is 0 Å². The number of hydrogen-bond donors (Lipinski definition) is 0. The van der Waals surface area contributed by atoms with Crippen LogP contribution in [0.1, 0.15) is 425 Å². The highest BCUT2D eigenvalue weighted by atomic mass is 19.1. The number of halogens is 1. The molecule has 0 saturated heterocycles. The molecule has 0 N–H and O–H groups in total. The predicted molar refractivity (Wildman–Crippen MR) is 531 cm³/mol. The summed E-state index contributed by atoms with van der Waals surface area (Å²) in [6.07, 6.45) is 68.6. The summed E-state index contributed by atoms with van der Waals surface area (Å²) in [5.41, 5.74) is 33.1. The standard InChI is InChI=1S/C22H29N.C21H25N.C20H24FN.C20H25N.C20H23N.C19H21N/c1-2-3-4-5-17-6-11-22-15-21(13-12-20(22)14-17)19-9-7-18(16-23)8-10-19;1-2-3-4-16-5-10-21-14-20(12-11-19(21)13-16)18-8-6-17(15-22)7-9-18;1-2-3-14-4-5-16-11-17(7-6-15(16)10-14)18-8-9-19(13-22)20(21)12-18;2*1-2-3-15-4-9-20-13-19(11-10-18(20)12-15)17-7-5-16(14-21)6-8-17;1-2-14-3-8-19-12-18(10-9-17(19)11-14)16-6-4-15(13-20)5-7-16/h7-10,17,21H,2-6,11-15H2,1H3;2,6-9,16,20H,1,3-5,10-14H2;8-9,12,14,17H,2-7,10-11H2,1H3;5-8,15,19H,2-4,9-13H2,1H3;2-3,5-8,15,19H,4,9-13H2,1H3;2,4-7,14,18H,1,3,8-12H2/b;;;;3-2+;. The highest BCUT2D eigenvalue weighted by Crippen LogP contribution is 2.52. The lowest BCUT2D eigenvalue weighted by atomic mass is 9.71. The Kier molecular flexibility index (Phi) is 37.2. The Morgan fingerprint density at radius 1 is 0.295 bits per heavy atom. The maximum Gasteiger partial charge on any atom is 0.141 e. The molecule has 0 aromatic heterocycles. The summed E-state index contributed by atoms with van der Waals surface area (Å²) in [4.78, 5) is 0. The van der Waals surface area contributed by atoms with Crippen molar-refractivity contribution in [3.63, 3.8) is 0 Å². The maximum absolute atomic E-state index is 13.8. The van der Waals surface area contributed by atoms with Crippen LogP contribution in [0.3, 0.4) is 0 Å². The van der Waals surface area contributed by atoms with Crippen molar-refractivity contribution in [3.8, 4) is 36.4 Å². The van der Waals surface area contributed by atoms with Gasteiger partial charge in [-0.15, -0.1) is 13.2 Å². The van der Waals surface area contributed by atoms with Gasteiger partial charge in [-0.25, -0.2) is 4.39 Å². The Hall–Kier alpha value is -10.2. The molecule has 0 aliphatic heterocycles. The smallest absolute Gasteiger partial charge is 0.141 e. The summed E-state index contributed by atoms with van der Waals surface area (Å²) in [6.45, 7) is 16.8. The third-order valence-electron chi connectivity index (χ3n) is 32.3. The molecule has 0 spiro atoms. The van der Waals surface area contributed by atoms with Gasteiger partial charge in [0, 0.05) is 0 Å². The molecular weight excluding hydrogens is 1570 g/mol. The van der Waals surface area contributed by atoms with Crippen molar-refractivity contribution in [1.82, 2.24) is 0 Å². The van der Waals surface area contributed by atoms with Crippen LogP contribution in [0.4, 0.5) is 4.39 Å². The topological polar surface area (TPSA) is 143 Å². The average Bonchev–Trinajstić information content (AvgIpc) is 0.844. The molecule has 12 atom stereocenters. The van der Waals surface area contributed by atoms with E-state index in [1.54, 1.807) is 73.4 Å². The molecule has 18 rings (SSSR count). The van der Waals surface area contributed by atoms with Crippen LogP contribution >= 0.6 is 0 Å². The second-order valence-electron chi connectivity index (χ2n) is 40.5. The molecule has 0 saturated carbocycles. The minimum absolute atomic E-state index is 0.152. The number of hydrogen-bond acceptors (Lipinski definition) is 6. The van der Waals surface area contributed by atoms with Gasteiger partial charge < -0.3 is 0 Å². The van der Waals surface area contributed by atoms with E-state index in [-0.39, 0.29) is 11.4 Å². The SMILES string of the molecule is C/C=C/C1CCC2=C(CCC(c3ccc(C#N)cc3)C2)C1.C=CC1CCC2=C(CCC(c3ccc(C#N)cc3)C2)C1.C=CCCC1CCC2=C(CCC(c3ccc(C#N)cc3)C2)C1.CCCC1CCC2=C(CCC(c3ccc(C#N)c(F)c3)C2)C1.CCCC1CCC2=C(CCC(c3ccc(C#N)cc3)C2)C1.CCCCCC1CCC2=C(CCC(c3ccc(C#N)cc3)C2)C1. The molecule has 12 aliphatic rings. The Morgan fingerprint density at radius 2 is 0.566 bits per heavy atom. The Bertz CT molecular complexity index is 5240. The van der Waals surface area contributed by atoms with Crippen molar-refractivity contribution in [1.29, 1.82) is 31.6 Å². The van der Waals surface area contributed by atoms with Crippen LogP contribution in [-0.2, 0) is 0 Å². The molecule has 0 heterocycles. The third kappa shape index (κ3) is 27.3. The van der Waals surface area contributed by atoms with Gasteiger partial charge in [0.1, 0.15) is 11.9 Å². The van der Waals surface area contributed by atoms with Crippen LogP contribution in [-0.4, -0.2) is 0 Å². The first-order valence-corrected chi connectivity index (χ1v) is 50.9. The van der Waals surface area contributed by atoms with Gasteiger partial charge in [0.25, 0.3) is 0 Å². The van der Waals surface area contributed by atoms with Gasteiger partial charge in [-0.05, 0) is 428 Å². The minimum Gasteiger partial charge on any atom is -0.206 e. The fourth-order valence-electron chi connectivity index (χ4n) is 24.6. The van der Waals surface area contributed by atoms with Crippen LogP contribution in [0.25, 0.3) is 0 Å². The summed E-state index contributed by atoms with van der Waals surface area (Å²) >= 11 is 0. The Balaban J connectivity index is 0.000000132. The first kappa shape index (κ1) is 96.4. The molecule has 129 heavy (non-hydrogen) atoms. The largest absolute Gasteiger partial charge is 0.206 e. The van der Waals surface area contributed by atoms with E-state index in [4.69, 9.17) is 31.6 Å². The normalized spacial score (nSPS) is 25.0. The number of benzene rings is 6. The molecule has 0 bridgehead atoms. The quantitative estimate of drug-likeness (QED) is 0.0584. The molecular formula is C122H147FN6. The summed E-state index contributed by atoms with van der Waals surface area (Å²) in [7, 11) is 0. The summed E-state index contributed by atoms with van der Waals surface area (Å²) in [6, 6.07) is 59.3. The van der Waals surface area contributed by atoms with Gasteiger partial charge in [0.15, 0.2) is 0 Å². The fourth-order valence-corrected chi connectivity index (χ4v) is 24.6. The van der Waals surface area contributed by atoms with Crippen molar-refractivity contribution >= 4 is 0 Å². The fraction of sp³-hybridized carbons (Fsp3) is 0.508. The first-order chi connectivity index (χ1) is 63.2. The van der Waals surface area contributed by atoms with Crippen molar-refractivity contribution in [2.75, 3.05) is 0 Å². The highest BCUT2D eigenvalue weighted by molar-refractivity contribution is 5.43. The van der Waals surface area contributed by atoms with Crippen LogP contribution in [0.2, 0.25) is 0 Å². The van der Waals surface area contributed by atoms with Crippen molar-refractivity contribution < 1.29 is 4.39 Å². The molecule has 0 fully saturated rings. The van der Waals surface area contributed by atoms with Crippen molar-refractivity contribution in [2.45, 2.75) is 359 Å². The number of nitriles is 6. The molecule has 12 unspecified atom stereocenters. The Labute approximate surface area is 777 Å². The molecule has 7 heteroatoms. The average molecular weight is 1720 g/mol. The molecule has 6 aromatic rings. The van der Waals surface area contributed by atoms with Crippen molar-refractivity contribution in [3.05, 3.63) is 316 Å². The van der Waals surface area contributed by atoms with Crippen LogP contribution in [0.15, 0.2) is 244 Å². The monoisotopic (exact) mass is 1720 g/mol.